The molecule has 1 N–H and O–H groups in total. The number of anilines is 2. The molecule has 2 heterocycles. The number of benzene rings is 6. The molecule has 27 heteroatoms. The fourth-order valence-electron chi connectivity index (χ4n) is 14.1. The van der Waals surface area contributed by atoms with Crippen LogP contribution in [0.25, 0.3) is 26.5 Å². The molecule has 0 radical (unpaired) electrons. The number of nitrogens with zero attached hydrogens (tertiary/aromatic N) is 5. The maximum Gasteiger partial charge on any atom is 0.330 e. The van der Waals surface area contributed by atoms with Gasteiger partial charge in [-0.15, -0.1) is 0 Å². The van der Waals surface area contributed by atoms with Gasteiger partial charge in [0.2, 0.25) is 5.13 Å². The summed E-state index contributed by atoms with van der Waals surface area (Å²) < 4.78 is 47.5. The summed E-state index contributed by atoms with van der Waals surface area (Å²) in [6.45, 7) is 15.1. The van der Waals surface area contributed by atoms with E-state index in [1.807, 2.05) is 65.8 Å². The van der Waals surface area contributed by atoms with Gasteiger partial charge in [-0.1, -0.05) is 113 Å². The van der Waals surface area contributed by atoms with Crippen molar-refractivity contribution in [2.45, 2.75) is 200 Å². The van der Waals surface area contributed by atoms with Gasteiger partial charge in [0.25, 0.3) is 0 Å². The summed E-state index contributed by atoms with van der Waals surface area (Å²) in [5, 5.41) is 18.5. The second-order valence-electron chi connectivity index (χ2n) is 30.5. The van der Waals surface area contributed by atoms with Crippen molar-refractivity contribution in [2.24, 2.45) is 28.8 Å². The number of aliphatic hydroxyl groups excluding tert-OH is 1. The van der Waals surface area contributed by atoms with Crippen molar-refractivity contribution in [1.29, 1.82) is 0 Å². The second kappa shape index (κ2) is 52.8. The van der Waals surface area contributed by atoms with E-state index in [1.54, 1.807) is 97.5 Å². The van der Waals surface area contributed by atoms with Gasteiger partial charge in [0, 0.05) is 54.6 Å². The number of esters is 5. The summed E-state index contributed by atoms with van der Waals surface area (Å²) in [6, 6.07) is 36.3. The van der Waals surface area contributed by atoms with Crippen molar-refractivity contribution in [1.82, 2.24) is 9.97 Å². The topological polar surface area (TPSA) is 279 Å². The molecule has 2 fully saturated rings. The molecule has 2 aliphatic rings. The Bertz CT molecular complexity index is 4590. The number of hydrazone groups is 1. The lowest BCUT2D eigenvalue weighted by molar-refractivity contribution is -0.218. The molecule has 0 amide bonds. The molecule has 6 aromatic carbocycles. The van der Waals surface area contributed by atoms with Crippen molar-refractivity contribution in [3.63, 3.8) is 0 Å². The summed E-state index contributed by atoms with van der Waals surface area (Å²) in [5.74, 6) is 2.46. The van der Waals surface area contributed by atoms with Gasteiger partial charge in [-0.05, 0) is 249 Å². The third-order valence-corrected chi connectivity index (χ3v) is 23.3. The molecule has 8 aromatic rings. The number of rotatable bonds is 57. The van der Waals surface area contributed by atoms with Crippen molar-refractivity contribution in [3.8, 4) is 51.7 Å². The van der Waals surface area contributed by atoms with Crippen molar-refractivity contribution in [2.75, 3.05) is 76.4 Å². The first-order chi connectivity index (χ1) is 59.8. The average molecular weight is 1720 g/mol. The minimum absolute atomic E-state index is 0.139. The van der Waals surface area contributed by atoms with Crippen LogP contribution in [-0.4, -0.2) is 118 Å². The molecule has 2 aliphatic carbocycles. The predicted octanol–water partition coefficient (Wildman–Crippen LogP) is 21.1. The zero-order valence-electron chi connectivity index (χ0n) is 70.8. The van der Waals surface area contributed by atoms with Gasteiger partial charge in [-0.25, -0.2) is 24.6 Å². The normalized spacial score (nSPS) is 15.2. The van der Waals surface area contributed by atoms with Crippen molar-refractivity contribution in [3.05, 3.63) is 170 Å². The summed E-state index contributed by atoms with van der Waals surface area (Å²) >= 11 is 3.07. The van der Waals surface area contributed by atoms with Crippen LogP contribution in [0.15, 0.2) is 158 Å². The van der Waals surface area contributed by atoms with E-state index in [0.29, 0.717) is 160 Å². The van der Waals surface area contributed by atoms with E-state index in [1.165, 1.54) is 17.4 Å². The Morgan fingerprint density at radius 3 is 1.63 bits per heavy atom. The van der Waals surface area contributed by atoms with Crippen molar-refractivity contribution >= 4 is 95.5 Å². The van der Waals surface area contributed by atoms with Crippen LogP contribution in [0, 0.1) is 23.7 Å². The zero-order valence-corrected chi connectivity index (χ0v) is 72.4. The van der Waals surface area contributed by atoms with E-state index in [-0.39, 0.29) is 55.2 Å². The molecule has 0 bridgehead atoms. The van der Waals surface area contributed by atoms with Crippen LogP contribution in [0.1, 0.15) is 210 Å². The van der Waals surface area contributed by atoms with Crippen LogP contribution in [0.4, 0.5) is 10.3 Å². The van der Waals surface area contributed by atoms with Gasteiger partial charge in [-0.2, -0.15) is 19.8 Å². The van der Waals surface area contributed by atoms with Gasteiger partial charge in [0.1, 0.15) is 40.0 Å². The Morgan fingerprint density at radius 1 is 0.484 bits per heavy atom. The highest BCUT2D eigenvalue weighted by molar-refractivity contribution is 7.22. The molecule has 0 aliphatic heterocycles. The number of hydrogen-bond donors (Lipinski definition) is 1. The Hall–Kier alpha value is -10.4. The summed E-state index contributed by atoms with van der Waals surface area (Å²) in [5.41, 5.74) is 3.34. The molecule has 2 saturated carbocycles. The highest BCUT2D eigenvalue weighted by Gasteiger charge is 2.31. The van der Waals surface area contributed by atoms with E-state index in [9.17, 15) is 29.1 Å². The smallest absolute Gasteiger partial charge is 0.330 e. The molecule has 656 valence electrons. The Morgan fingerprint density at radius 2 is 1.00 bits per heavy atom. The van der Waals surface area contributed by atoms with Crippen LogP contribution in [-0.2, 0) is 54.7 Å². The number of carbonyl (C=O) groups is 5. The van der Waals surface area contributed by atoms with E-state index in [0.717, 1.165) is 171 Å². The number of carbonyl (C=O) groups excluding carboxylic acids is 5. The molecule has 0 atom stereocenters. The molecule has 0 saturated heterocycles. The van der Waals surface area contributed by atoms with E-state index >= 15 is 0 Å². The number of unbranched alkanes of at least 4 members (excludes halogenated alkanes) is 14. The number of thiazole rings is 2. The van der Waals surface area contributed by atoms with Crippen LogP contribution < -0.4 is 53.0 Å². The van der Waals surface area contributed by atoms with E-state index in [2.05, 4.69) is 31.9 Å². The fraction of sp³-hybridized carbons (Fsp3) is 0.474. The minimum atomic E-state index is -0.408. The number of ether oxygens (including phenoxy) is 8. The predicted molar refractivity (Wildman–Crippen MR) is 473 cm³/mol. The summed E-state index contributed by atoms with van der Waals surface area (Å²) in [6.07, 6.45) is 30.5. The Labute approximate surface area is 724 Å². The number of fused-ring (bicyclic) bond motifs is 2. The lowest BCUT2D eigenvalue weighted by Crippen LogP contribution is -2.27. The monoisotopic (exact) mass is 1710 g/mol. The number of hydrogen-bond acceptors (Lipinski definition) is 27. The van der Waals surface area contributed by atoms with Gasteiger partial charge >= 0.3 is 29.8 Å². The molecule has 122 heavy (non-hydrogen) atoms. The number of methoxy groups -OCH3 is 1. The van der Waals surface area contributed by atoms with Gasteiger partial charge in [0.05, 0.1) is 92.9 Å². The van der Waals surface area contributed by atoms with Crippen LogP contribution >= 0.6 is 22.7 Å². The maximum atomic E-state index is 14.1. The lowest BCUT2D eigenvalue weighted by Gasteiger charge is -2.26. The van der Waals surface area contributed by atoms with Crippen molar-refractivity contribution < 1.29 is 96.3 Å². The largest absolute Gasteiger partial charge is 0.494 e. The summed E-state index contributed by atoms with van der Waals surface area (Å²) in [4.78, 5) is 111. The zero-order chi connectivity index (χ0) is 85.7. The lowest BCUT2D eigenvalue weighted by atomic mass is 9.82. The highest BCUT2D eigenvalue weighted by Crippen LogP contribution is 2.39. The highest BCUT2D eigenvalue weighted by atomic mass is 32.1. The first kappa shape index (κ1) is 93.8. The third kappa shape index (κ3) is 31.8. The second-order valence-corrected chi connectivity index (χ2v) is 32.6. The Balaban J connectivity index is 0.711. The first-order valence-corrected chi connectivity index (χ1v) is 45.0. The standard InChI is InChI=1S/C95H119N5O20S2/c1-6-10-12-20-55-99(94-98-91-84(107-5)30-28-32-86(91)121-94)57-54-73-63-80(50-53-83(73)120-114-68-70-34-38-71(39-35-70)92(105)116-78-46-42-76(43-47-78)108-58-22-14-16-24-60-110-87(102)8-3)115-89(104)33-19-18-26-62-112-119-81-51-52-82(75(64-81)65-96-100(56-21-13-11-7-2)95-97-90-74(66-101)29-27-31-85(90)122-95)117-93(106)72-40-36-69(37-41-72)67-113-118-79-48-44-77(45-49-79)109-59-23-15-17-25-61-111-88(103)9-4/h8-9,27-32,42-54,57,63-65,69-72,101H,3-4,6-7,10-26,33-41,55-56,58-62,66-68H2,1-2,5H3/b57-54+,96-65+. The number of aromatic nitrogens is 2. The number of aliphatic hydroxyl groups is 1. The average Bonchev–Trinajstić information content (AvgIpc) is 1.64. The molecular formula is C95H119N5O20S2. The quantitative estimate of drug-likeness (QED) is 0.00705. The first-order valence-electron chi connectivity index (χ1n) is 43.3. The van der Waals surface area contributed by atoms with Crippen LogP contribution in [0.5, 0.6) is 51.7 Å². The van der Waals surface area contributed by atoms with Crippen LogP contribution in [0.2, 0.25) is 0 Å². The molecule has 10 rings (SSSR count). The molecule has 0 spiro atoms. The van der Waals surface area contributed by atoms with E-state index < -0.39 is 17.9 Å². The molecule has 0 unspecified atom stereocenters. The van der Waals surface area contributed by atoms with Gasteiger partial charge in [0.15, 0.2) is 22.4 Å². The molecular weight excluding hydrogens is 1600 g/mol. The minimum Gasteiger partial charge on any atom is -0.494 e. The third-order valence-electron chi connectivity index (χ3n) is 21.2. The van der Waals surface area contributed by atoms with Crippen LogP contribution in [0.3, 0.4) is 0 Å². The van der Waals surface area contributed by atoms with Gasteiger partial charge < -0.3 is 62.6 Å². The van der Waals surface area contributed by atoms with Gasteiger partial charge in [-0.3, -0.25) is 14.4 Å². The maximum absolute atomic E-state index is 14.1. The fourth-order valence-corrected chi connectivity index (χ4v) is 16.1. The SMILES string of the molecule is C=CC(=O)OCCCCCCOc1ccc(OOCC2CCC(C(=O)Oc3ccc(OOCCCCCC(=O)Oc4ccc(OOCC5CCC(C(=O)Oc6ccc(OCCCCCCOC(=O)C=C)cc6)CC5)c(/C=C/N(CCCCCC)c5nc6c(OC)cccc6s5)c4)cc3/C=N/N(CCCCCC)c3nc4c(CO)cccc4s3)CC2)cc1. The van der Waals surface area contributed by atoms with E-state index in [4.69, 9.17) is 82.3 Å². The molecule has 25 nitrogen and oxygen atoms in total. The molecule has 2 aromatic heterocycles. The number of para-hydroxylation sites is 2. The summed E-state index contributed by atoms with van der Waals surface area (Å²) in [7, 11) is 1.65. The Kier molecular flexibility index (Phi) is 40.6.